The zero-order chi connectivity index (χ0) is 20.4. The molecule has 0 spiro atoms. The van der Waals surface area contributed by atoms with Crippen molar-refractivity contribution >= 4 is 29.1 Å². The van der Waals surface area contributed by atoms with Crippen molar-refractivity contribution in [2.45, 2.75) is 19.4 Å². The molecule has 1 aliphatic rings. The molecule has 0 aliphatic carbocycles. The number of nitrogens with one attached hydrogen (secondary N) is 1. The number of benzene rings is 2. The Balaban J connectivity index is 1.51. The first-order valence-corrected chi connectivity index (χ1v) is 9.27. The van der Waals surface area contributed by atoms with Crippen molar-refractivity contribution in [3.05, 3.63) is 77.5 Å². The Morgan fingerprint density at radius 3 is 2.66 bits per heavy atom. The average Bonchev–Trinajstić information content (AvgIpc) is 3.09. The Hall–Kier alpha value is -3.74. The number of esters is 1. The van der Waals surface area contributed by atoms with Crippen molar-refractivity contribution in [1.29, 1.82) is 0 Å². The van der Waals surface area contributed by atoms with Crippen molar-refractivity contribution in [3.63, 3.8) is 0 Å². The molecular formula is C22H20N4O3. The molecule has 146 valence electrons. The predicted octanol–water partition coefficient (Wildman–Crippen LogP) is 3.60. The van der Waals surface area contributed by atoms with Crippen LogP contribution in [0.2, 0.25) is 0 Å². The molecule has 0 fully saturated rings. The van der Waals surface area contributed by atoms with Gasteiger partial charge in [0.05, 0.1) is 12.7 Å². The van der Waals surface area contributed by atoms with Crippen molar-refractivity contribution in [2.24, 2.45) is 0 Å². The molecule has 1 aliphatic heterocycles. The van der Waals surface area contributed by atoms with Crippen LogP contribution in [0.4, 0.5) is 17.2 Å². The summed E-state index contributed by atoms with van der Waals surface area (Å²) in [6.45, 7) is 2.02. The molecule has 29 heavy (non-hydrogen) atoms. The minimum absolute atomic E-state index is 0.0700. The molecule has 7 nitrogen and oxygen atoms in total. The molecule has 1 atom stereocenters. The van der Waals surface area contributed by atoms with Crippen molar-refractivity contribution in [3.8, 4) is 0 Å². The standard InChI is InChI=1S/C22H20N4O3/c1-14-12-15-6-3-4-9-19(15)26(14)21(27)18-10-11-20(25-24-18)23-17-8-5-7-16(13-17)22(28)29-2/h3-11,13-14H,12H2,1-2H3,(H,23,25). The average molecular weight is 388 g/mol. The summed E-state index contributed by atoms with van der Waals surface area (Å²) in [7, 11) is 1.34. The largest absolute Gasteiger partial charge is 0.465 e. The van der Waals surface area contributed by atoms with Gasteiger partial charge in [0.1, 0.15) is 0 Å². The number of anilines is 3. The Bertz CT molecular complexity index is 1070. The summed E-state index contributed by atoms with van der Waals surface area (Å²) in [6.07, 6.45) is 0.825. The normalized spacial score (nSPS) is 15.0. The lowest BCUT2D eigenvalue weighted by Gasteiger charge is -2.22. The van der Waals surface area contributed by atoms with Crippen LogP contribution in [-0.2, 0) is 11.2 Å². The van der Waals surface area contributed by atoms with Gasteiger partial charge >= 0.3 is 5.97 Å². The van der Waals surface area contributed by atoms with E-state index in [4.69, 9.17) is 4.74 Å². The van der Waals surface area contributed by atoms with Crippen LogP contribution in [0.3, 0.4) is 0 Å². The zero-order valence-electron chi connectivity index (χ0n) is 16.1. The van der Waals surface area contributed by atoms with E-state index in [2.05, 4.69) is 15.5 Å². The molecule has 0 saturated carbocycles. The van der Waals surface area contributed by atoms with Gasteiger partial charge in [-0.05, 0) is 55.3 Å². The van der Waals surface area contributed by atoms with Gasteiger partial charge < -0.3 is 15.0 Å². The van der Waals surface area contributed by atoms with E-state index in [-0.39, 0.29) is 17.6 Å². The van der Waals surface area contributed by atoms with E-state index in [1.807, 2.05) is 31.2 Å². The second kappa shape index (κ2) is 7.71. The third-order valence-corrected chi connectivity index (χ3v) is 4.87. The summed E-state index contributed by atoms with van der Waals surface area (Å²) >= 11 is 0. The fraction of sp³-hybridized carbons (Fsp3) is 0.182. The lowest BCUT2D eigenvalue weighted by atomic mass is 10.1. The number of carbonyl (C=O) groups is 2. The lowest BCUT2D eigenvalue weighted by Crippen LogP contribution is -2.36. The van der Waals surface area contributed by atoms with Crippen molar-refractivity contribution < 1.29 is 14.3 Å². The Kier molecular flexibility index (Phi) is 4.95. The van der Waals surface area contributed by atoms with Crippen molar-refractivity contribution in [2.75, 3.05) is 17.3 Å². The highest BCUT2D eigenvalue weighted by Gasteiger charge is 2.31. The number of aromatic nitrogens is 2. The number of carbonyl (C=O) groups excluding carboxylic acids is 2. The number of fused-ring (bicyclic) bond motifs is 1. The van der Waals surface area contributed by atoms with Gasteiger partial charge in [0.15, 0.2) is 11.5 Å². The number of nitrogens with zero attached hydrogens (tertiary/aromatic N) is 3. The minimum Gasteiger partial charge on any atom is -0.465 e. The number of methoxy groups -OCH3 is 1. The van der Waals surface area contributed by atoms with E-state index in [0.717, 1.165) is 17.7 Å². The number of para-hydroxylation sites is 1. The van der Waals surface area contributed by atoms with Gasteiger partial charge in [-0.15, -0.1) is 10.2 Å². The van der Waals surface area contributed by atoms with E-state index in [1.54, 1.807) is 41.3 Å². The van der Waals surface area contributed by atoms with Crippen LogP contribution < -0.4 is 10.2 Å². The Morgan fingerprint density at radius 1 is 1.07 bits per heavy atom. The molecule has 3 aromatic rings. The topological polar surface area (TPSA) is 84.4 Å². The maximum Gasteiger partial charge on any atom is 0.337 e. The number of amides is 1. The quantitative estimate of drug-likeness (QED) is 0.688. The number of ether oxygens (including phenoxy) is 1. The zero-order valence-corrected chi connectivity index (χ0v) is 16.1. The molecule has 2 heterocycles. The van der Waals surface area contributed by atoms with Crippen LogP contribution in [0.1, 0.15) is 33.3 Å². The highest BCUT2D eigenvalue weighted by Crippen LogP contribution is 2.32. The van der Waals surface area contributed by atoms with Gasteiger partial charge in [-0.2, -0.15) is 0 Å². The SMILES string of the molecule is COC(=O)c1cccc(Nc2ccc(C(=O)N3c4ccccc4CC3C)nn2)c1. The number of hydrogen-bond donors (Lipinski definition) is 1. The first-order valence-electron chi connectivity index (χ1n) is 9.27. The van der Waals surface area contributed by atoms with E-state index in [9.17, 15) is 9.59 Å². The van der Waals surface area contributed by atoms with E-state index < -0.39 is 5.97 Å². The molecule has 1 aromatic heterocycles. The molecule has 1 unspecified atom stereocenters. The fourth-order valence-electron chi connectivity index (χ4n) is 3.50. The molecule has 4 rings (SSSR count). The summed E-state index contributed by atoms with van der Waals surface area (Å²) in [5.74, 6) is -0.117. The van der Waals surface area contributed by atoms with Gasteiger partial charge in [0, 0.05) is 17.4 Å². The Labute approximate surface area is 168 Å². The van der Waals surface area contributed by atoms with Gasteiger partial charge in [-0.3, -0.25) is 4.79 Å². The molecule has 2 aromatic carbocycles. The van der Waals surface area contributed by atoms with Gasteiger partial charge in [-0.1, -0.05) is 24.3 Å². The molecule has 0 saturated heterocycles. The highest BCUT2D eigenvalue weighted by atomic mass is 16.5. The van der Waals surface area contributed by atoms with Gasteiger partial charge in [0.25, 0.3) is 5.91 Å². The van der Waals surface area contributed by atoms with E-state index >= 15 is 0 Å². The summed E-state index contributed by atoms with van der Waals surface area (Å²) in [6, 6.07) is 18.2. The van der Waals surface area contributed by atoms with Crippen LogP contribution in [0.15, 0.2) is 60.7 Å². The smallest absolute Gasteiger partial charge is 0.337 e. The van der Waals surface area contributed by atoms with Crippen LogP contribution in [-0.4, -0.2) is 35.2 Å². The lowest BCUT2D eigenvalue weighted by molar-refractivity contribution is 0.0600. The molecular weight excluding hydrogens is 368 g/mol. The first kappa shape index (κ1) is 18.6. The number of hydrogen-bond acceptors (Lipinski definition) is 6. The minimum atomic E-state index is -0.416. The third-order valence-electron chi connectivity index (χ3n) is 4.87. The van der Waals surface area contributed by atoms with Crippen molar-refractivity contribution in [1.82, 2.24) is 10.2 Å². The summed E-state index contributed by atoms with van der Waals surface area (Å²) in [4.78, 5) is 26.4. The van der Waals surface area contributed by atoms with E-state index in [1.165, 1.54) is 7.11 Å². The summed E-state index contributed by atoms with van der Waals surface area (Å²) < 4.78 is 4.73. The van der Waals surface area contributed by atoms with Crippen LogP contribution in [0, 0.1) is 0 Å². The molecule has 0 bridgehead atoms. The van der Waals surface area contributed by atoms with Gasteiger partial charge in [0.2, 0.25) is 0 Å². The van der Waals surface area contributed by atoms with Crippen LogP contribution in [0.5, 0.6) is 0 Å². The molecule has 1 amide bonds. The first-order chi connectivity index (χ1) is 14.1. The Morgan fingerprint density at radius 2 is 1.90 bits per heavy atom. The maximum absolute atomic E-state index is 13.0. The van der Waals surface area contributed by atoms with E-state index in [0.29, 0.717) is 17.1 Å². The summed E-state index contributed by atoms with van der Waals surface area (Å²) in [5, 5.41) is 11.3. The third kappa shape index (κ3) is 3.67. The molecule has 7 heteroatoms. The monoisotopic (exact) mass is 388 g/mol. The number of rotatable bonds is 4. The van der Waals surface area contributed by atoms with Crippen LogP contribution >= 0.6 is 0 Å². The van der Waals surface area contributed by atoms with Gasteiger partial charge in [-0.25, -0.2) is 4.79 Å². The van der Waals surface area contributed by atoms with Crippen LogP contribution in [0.25, 0.3) is 0 Å². The summed E-state index contributed by atoms with van der Waals surface area (Å²) in [5.41, 5.74) is 3.46. The molecule has 0 radical (unpaired) electrons. The second-order valence-electron chi connectivity index (χ2n) is 6.86. The molecule has 1 N–H and O–H groups in total. The highest BCUT2D eigenvalue weighted by molar-refractivity contribution is 6.06. The second-order valence-corrected chi connectivity index (χ2v) is 6.86. The maximum atomic E-state index is 13.0. The predicted molar refractivity (Wildman–Crippen MR) is 110 cm³/mol. The fourth-order valence-corrected chi connectivity index (χ4v) is 3.50.